The van der Waals surface area contributed by atoms with Crippen LogP contribution in [-0.2, 0) is 19.1 Å². The van der Waals surface area contributed by atoms with Gasteiger partial charge in [0.1, 0.15) is 11.7 Å². The third-order valence-electron chi connectivity index (χ3n) is 11.8. The van der Waals surface area contributed by atoms with Gasteiger partial charge in [0, 0.05) is 38.6 Å². The standard InChI is InChI=1S/C33H51NO4/c1-8-29(36)37-24-13-15-31(5)23(17-24)10-11-25-26(31)14-16-32(6)27(25)18-33(7)30(32)21(3)28(38-33)12-9-20(2)19-34-22(4)35/h10,20,24-27,30H,8-9,11-19H2,1-7H3,(H,34,35)/t20-,24+,25-,26+,27-,30-,31-,32-,33-/m0/s1. The summed E-state index contributed by atoms with van der Waals surface area (Å²) < 4.78 is 12.7. The number of amides is 1. The van der Waals surface area contributed by atoms with E-state index in [2.05, 4.69) is 46.0 Å². The molecular formula is C33H51NO4. The number of ether oxygens (including phenoxy) is 2. The average Bonchev–Trinajstić information content (AvgIpc) is 3.27. The van der Waals surface area contributed by atoms with Crippen molar-refractivity contribution in [3.05, 3.63) is 23.0 Å². The Morgan fingerprint density at radius 1 is 1.18 bits per heavy atom. The Morgan fingerprint density at radius 3 is 2.66 bits per heavy atom. The van der Waals surface area contributed by atoms with Crippen LogP contribution in [0.3, 0.4) is 0 Å². The zero-order valence-corrected chi connectivity index (χ0v) is 25.0. The summed E-state index contributed by atoms with van der Waals surface area (Å²) in [6.07, 6.45) is 13.1. The molecule has 38 heavy (non-hydrogen) atoms. The lowest BCUT2D eigenvalue weighted by Crippen LogP contribution is -2.50. The molecule has 3 fully saturated rings. The van der Waals surface area contributed by atoms with Crippen molar-refractivity contribution >= 4 is 11.9 Å². The fourth-order valence-corrected chi connectivity index (χ4v) is 9.96. The monoisotopic (exact) mass is 525 g/mol. The third-order valence-corrected chi connectivity index (χ3v) is 11.8. The van der Waals surface area contributed by atoms with Gasteiger partial charge >= 0.3 is 5.97 Å². The highest BCUT2D eigenvalue weighted by Gasteiger charge is 2.67. The Hall–Kier alpha value is -1.78. The van der Waals surface area contributed by atoms with Crippen LogP contribution in [0.25, 0.3) is 0 Å². The van der Waals surface area contributed by atoms with Crippen LogP contribution in [0.1, 0.15) is 113 Å². The summed E-state index contributed by atoms with van der Waals surface area (Å²) in [6.45, 7) is 16.3. The summed E-state index contributed by atoms with van der Waals surface area (Å²) in [7, 11) is 0. The lowest BCUT2D eigenvalue weighted by atomic mass is 9.47. The van der Waals surface area contributed by atoms with Gasteiger partial charge in [0.15, 0.2) is 0 Å². The molecule has 0 radical (unpaired) electrons. The molecule has 0 aromatic heterocycles. The van der Waals surface area contributed by atoms with Gasteiger partial charge in [0.25, 0.3) is 0 Å². The summed E-state index contributed by atoms with van der Waals surface area (Å²) >= 11 is 0. The molecule has 1 aliphatic heterocycles. The summed E-state index contributed by atoms with van der Waals surface area (Å²) in [5.74, 6) is 4.30. The maximum atomic E-state index is 11.9. The van der Waals surface area contributed by atoms with Gasteiger partial charge in [-0.1, -0.05) is 39.3 Å². The van der Waals surface area contributed by atoms with E-state index in [0.29, 0.717) is 29.6 Å². The van der Waals surface area contributed by atoms with Crippen molar-refractivity contribution in [1.82, 2.24) is 5.32 Å². The van der Waals surface area contributed by atoms with E-state index >= 15 is 0 Å². The van der Waals surface area contributed by atoms with Crippen molar-refractivity contribution < 1.29 is 19.1 Å². The van der Waals surface area contributed by atoms with E-state index in [-0.39, 0.29) is 29.0 Å². The molecule has 5 nitrogen and oxygen atoms in total. The van der Waals surface area contributed by atoms with E-state index in [0.717, 1.165) is 56.9 Å². The topological polar surface area (TPSA) is 64.6 Å². The number of carbonyl (C=O) groups excluding carboxylic acids is 2. The number of rotatable bonds is 7. The van der Waals surface area contributed by atoms with Crippen LogP contribution in [0.2, 0.25) is 0 Å². The second-order valence-electron chi connectivity index (χ2n) is 14.3. The summed E-state index contributed by atoms with van der Waals surface area (Å²) in [6, 6.07) is 0. The number of carbonyl (C=O) groups is 2. The predicted molar refractivity (Wildman–Crippen MR) is 150 cm³/mol. The number of allylic oxidation sites excluding steroid dienone is 2. The van der Waals surface area contributed by atoms with E-state index < -0.39 is 0 Å². The van der Waals surface area contributed by atoms with Crippen LogP contribution >= 0.6 is 0 Å². The molecule has 1 heterocycles. The van der Waals surface area contributed by atoms with E-state index in [1.54, 1.807) is 12.5 Å². The Bertz CT molecular complexity index is 1030. The highest BCUT2D eigenvalue weighted by atomic mass is 16.5. The van der Waals surface area contributed by atoms with Crippen molar-refractivity contribution in [2.24, 2.45) is 40.4 Å². The van der Waals surface area contributed by atoms with Gasteiger partial charge in [0.05, 0.1) is 5.76 Å². The van der Waals surface area contributed by atoms with Gasteiger partial charge in [-0.2, -0.15) is 0 Å². The van der Waals surface area contributed by atoms with Gasteiger partial charge in [-0.05, 0) is 98.9 Å². The molecule has 212 valence electrons. The first kappa shape index (κ1) is 27.8. The summed E-state index contributed by atoms with van der Waals surface area (Å²) in [5, 5.41) is 2.96. The fraction of sp³-hybridized carbons (Fsp3) is 0.818. The number of fused-ring (bicyclic) bond motifs is 7. The molecule has 0 saturated heterocycles. The minimum atomic E-state index is -0.0918. The van der Waals surface area contributed by atoms with Crippen molar-refractivity contribution in [2.45, 2.75) is 124 Å². The lowest BCUT2D eigenvalue weighted by Gasteiger charge is -2.58. The van der Waals surface area contributed by atoms with Crippen molar-refractivity contribution in [2.75, 3.05) is 6.54 Å². The van der Waals surface area contributed by atoms with Crippen LogP contribution in [0.4, 0.5) is 0 Å². The SMILES string of the molecule is CCC(=O)O[C@@H]1CC[C@@]2(C)C(=CC[C@H]3[C@H]2CC[C@@]2(C)[C@H]3C[C@]3(C)OC(CC[C@H](C)CNC(C)=O)=C(C)[C@@H]23)C1. The number of nitrogens with one attached hydrogen (secondary N) is 1. The highest BCUT2D eigenvalue weighted by Crippen LogP contribution is 2.71. The Labute approximate surface area is 230 Å². The molecule has 0 aromatic rings. The second-order valence-corrected chi connectivity index (χ2v) is 14.3. The van der Waals surface area contributed by atoms with E-state index in [4.69, 9.17) is 9.47 Å². The van der Waals surface area contributed by atoms with Crippen molar-refractivity contribution in [3.63, 3.8) is 0 Å². The molecule has 1 N–H and O–H groups in total. The molecule has 0 bridgehead atoms. The number of hydrogen-bond acceptors (Lipinski definition) is 4. The highest BCUT2D eigenvalue weighted by molar-refractivity contribution is 5.72. The van der Waals surface area contributed by atoms with E-state index in [1.165, 1.54) is 30.6 Å². The van der Waals surface area contributed by atoms with Crippen LogP contribution in [-0.4, -0.2) is 30.1 Å². The first-order valence-corrected chi connectivity index (χ1v) is 15.4. The largest absolute Gasteiger partial charge is 0.491 e. The van der Waals surface area contributed by atoms with Crippen LogP contribution in [0.15, 0.2) is 23.0 Å². The smallest absolute Gasteiger partial charge is 0.305 e. The maximum Gasteiger partial charge on any atom is 0.305 e. The van der Waals surface area contributed by atoms with Crippen LogP contribution < -0.4 is 5.32 Å². The minimum Gasteiger partial charge on any atom is -0.491 e. The molecule has 0 aromatic carbocycles. The van der Waals surface area contributed by atoms with Gasteiger partial charge in [-0.25, -0.2) is 0 Å². The summed E-state index contributed by atoms with van der Waals surface area (Å²) in [4.78, 5) is 23.2. The molecule has 5 rings (SSSR count). The lowest BCUT2D eigenvalue weighted by molar-refractivity contribution is -0.151. The molecule has 3 saturated carbocycles. The van der Waals surface area contributed by atoms with E-state index in [9.17, 15) is 9.59 Å². The zero-order chi connectivity index (χ0) is 27.5. The Kier molecular flexibility index (Phi) is 7.31. The van der Waals surface area contributed by atoms with Crippen molar-refractivity contribution in [1.29, 1.82) is 0 Å². The van der Waals surface area contributed by atoms with Crippen LogP contribution in [0, 0.1) is 40.4 Å². The first-order valence-electron chi connectivity index (χ1n) is 15.4. The predicted octanol–water partition coefficient (Wildman–Crippen LogP) is 7.11. The first-order chi connectivity index (χ1) is 17.9. The number of hydrogen-bond donors (Lipinski definition) is 1. The minimum absolute atomic E-state index is 0.0486. The molecule has 5 aliphatic rings. The Morgan fingerprint density at radius 2 is 1.95 bits per heavy atom. The normalized spacial score (nSPS) is 42.2. The molecule has 5 heteroatoms. The molecule has 0 unspecified atom stereocenters. The van der Waals surface area contributed by atoms with Gasteiger partial charge in [-0.3, -0.25) is 9.59 Å². The third kappa shape index (κ3) is 4.54. The zero-order valence-electron chi connectivity index (χ0n) is 25.0. The van der Waals surface area contributed by atoms with Crippen LogP contribution in [0.5, 0.6) is 0 Å². The second kappa shape index (κ2) is 10.0. The maximum absolute atomic E-state index is 11.9. The van der Waals surface area contributed by atoms with Crippen molar-refractivity contribution in [3.8, 4) is 0 Å². The molecule has 1 amide bonds. The van der Waals surface area contributed by atoms with E-state index in [1.807, 2.05) is 6.92 Å². The van der Waals surface area contributed by atoms with Gasteiger partial charge < -0.3 is 14.8 Å². The summed E-state index contributed by atoms with van der Waals surface area (Å²) in [5.41, 5.74) is 3.51. The molecule has 9 atom stereocenters. The molecular weight excluding hydrogens is 474 g/mol. The number of esters is 1. The van der Waals surface area contributed by atoms with Gasteiger partial charge in [0.2, 0.25) is 5.91 Å². The molecule has 4 aliphatic carbocycles. The Balaban J connectivity index is 1.31. The molecule has 0 spiro atoms. The fourth-order valence-electron chi connectivity index (χ4n) is 9.96. The average molecular weight is 526 g/mol. The van der Waals surface area contributed by atoms with Gasteiger partial charge in [-0.15, -0.1) is 0 Å². The quantitative estimate of drug-likeness (QED) is 0.284.